The van der Waals surface area contributed by atoms with Gasteiger partial charge in [0.15, 0.2) is 18.2 Å². The van der Waals surface area contributed by atoms with E-state index in [2.05, 4.69) is 10.9 Å². The first-order chi connectivity index (χ1) is 13.6. The van der Waals surface area contributed by atoms with E-state index >= 15 is 0 Å². The van der Waals surface area contributed by atoms with Crippen LogP contribution in [0.25, 0.3) is 0 Å². The van der Waals surface area contributed by atoms with E-state index in [-0.39, 0.29) is 5.75 Å². The summed E-state index contributed by atoms with van der Waals surface area (Å²) in [7, 11) is 0. The Balaban J connectivity index is 1.46. The minimum atomic E-state index is -0.624. The first-order valence-corrected chi connectivity index (χ1v) is 8.41. The molecule has 0 aromatic heterocycles. The molecular weight excluding hydrogens is 363 g/mol. The van der Waals surface area contributed by atoms with E-state index in [1.54, 1.807) is 30.3 Å². The van der Waals surface area contributed by atoms with Crippen molar-refractivity contribution in [3.63, 3.8) is 0 Å². The van der Waals surface area contributed by atoms with Gasteiger partial charge in [0.05, 0.1) is 0 Å². The van der Waals surface area contributed by atoms with Crippen LogP contribution in [-0.4, -0.2) is 18.4 Å². The van der Waals surface area contributed by atoms with Crippen molar-refractivity contribution in [3.8, 4) is 17.2 Å². The van der Waals surface area contributed by atoms with Gasteiger partial charge in [0.1, 0.15) is 11.5 Å². The van der Waals surface area contributed by atoms with Crippen molar-refractivity contribution in [1.29, 1.82) is 0 Å². The van der Waals surface area contributed by atoms with E-state index in [9.17, 15) is 14.0 Å². The molecule has 28 heavy (non-hydrogen) atoms. The van der Waals surface area contributed by atoms with E-state index in [0.29, 0.717) is 17.1 Å². The molecule has 3 rings (SSSR count). The lowest BCUT2D eigenvalue weighted by Crippen LogP contribution is -2.43. The predicted molar refractivity (Wildman–Crippen MR) is 100 cm³/mol. The van der Waals surface area contributed by atoms with Crippen molar-refractivity contribution in [2.45, 2.75) is 0 Å². The Morgan fingerprint density at radius 1 is 0.786 bits per heavy atom. The Hall–Kier alpha value is -3.87. The highest BCUT2D eigenvalue weighted by molar-refractivity contribution is 5.95. The minimum Gasteiger partial charge on any atom is -0.481 e. The number of nitrogens with one attached hydrogen (secondary N) is 2. The van der Waals surface area contributed by atoms with Gasteiger partial charge in [-0.3, -0.25) is 20.4 Å². The third-order valence-electron chi connectivity index (χ3n) is 3.61. The molecule has 0 saturated heterocycles. The van der Waals surface area contributed by atoms with Gasteiger partial charge >= 0.3 is 0 Å². The number of benzene rings is 3. The zero-order valence-electron chi connectivity index (χ0n) is 14.7. The summed E-state index contributed by atoms with van der Waals surface area (Å²) < 4.78 is 24.1. The Kier molecular flexibility index (Phi) is 6.20. The summed E-state index contributed by atoms with van der Waals surface area (Å²) in [6, 6.07) is 21.4. The Morgan fingerprint density at radius 3 is 2.14 bits per heavy atom. The second-order valence-electron chi connectivity index (χ2n) is 5.66. The molecule has 3 aromatic rings. The van der Waals surface area contributed by atoms with E-state index in [4.69, 9.17) is 9.47 Å². The number of ether oxygens (including phenoxy) is 2. The van der Waals surface area contributed by atoms with Crippen molar-refractivity contribution >= 4 is 11.8 Å². The number of para-hydroxylation sites is 2. The number of hydrazine groups is 1. The van der Waals surface area contributed by atoms with Crippen molar-refractivity contribution in [2.24, 2.45) is 0 Å². The predicted octanol–water partition coefficient (Wildman–Crippen LogP) is 3.46. The fourth-order valence-corrected chi connectivity index (χ4v) is 2.24. The average Bonchev–Trinajstić information content (AvgIpc) is 2.73. The molecule has 0 fully saturated rings. The van der Waals surface area contributed by atoms with Crippen LogP contribution in [0.4, 0.5) is 4.39 Å². The first kappa shape index (κ1) is 18.9. The van der Waals surface area contributed by atoms with E-state index in [1.807, 2.05) is 30.3 Å². The van der Waals surface area contributed by atoms with Crippen LogP contribution in [0.15, 0.2) is 78.9 Å². The van der Waals surface area contributed by atoms with Gasteiger partial charge in [-0.25, -0.2) is 4.39 Å². The van der Waals surface area contributed by atoms with Gasteiger partial charge in [0, 0.05) is 5.56 Å². The second-order valence-corrected chi connectivity index (χ2v) is 5.66. The molecule has 142 valence electrons. The quantitative estimate of drug-likeness (QED) is 0.642. The summed E-state index contributed by atoms with van der Waals surface area (Å²) in [5, 5.41) is 0. The summed E-state index contributed by atoms with van der Waals surface area (Å²) in [6.45, 7) is -0.439. The van der Waals surface area contributed by atoms with Gasteiger partial charge in [0.2, 0.25) is 0 Å². The van der Waals surface area contributed by atoms with Gasteiger partial charge in [-0.05, 0) is 48.5 Å². The summed E-state index contributed by atoms with van der Waals surface area (Å²) >= 11 is 0. The summed E-state index contributed by atoms with van der Waals surface area (Å²) in [4.78, 5) is 23.8. The number of hydrogen-bond acceptors (Lipinski definition) is 4. The number of carbonyl (C=O) groups excluding carboxylic acids is 2. The van der Waals surface area contributed by atoms with Crippen molar-refractivity contribution in [2.75, 3.05) is 6.61 Å². The van der Waals surface area contributed by atoms with Crippen LogP contribution in [-0.2, 0) is 4.79 Å². The number of halogens is 1. The molecular formula is C21H17FN2O4. The highest BCUT2D eigenvalue weighted by atomic mass is 19.1. The van der Waals surface area contributed by atoms with E-state index in [0.717, 1.165) is 0 Å². The summed E-state index contributed by atoms with van der Waals surface area (Å²) in [5.41, 5.74) is 4.80. The molecule has 0 aliphatic carbocycles. The van der Waals surface area contributed by atoms with Crippen molar-refractivity contribution < 1.29 is 23.5 Å². The van der Waals surface area contributed by atoms with Crippen LogP contribution >= 0.6 is 0 Å². The topological polar surface area (TPSA) is 76.7 Å². The number of amides is 2. The average molecular weight is 380 g/mol. The molecule has 7 heteroatoms. The maximum absolute atomic E-state index is 13.4. The largest absolute Gasteiger partial charge is 0.481 e. The smallest absolute Gasteiger partial charge is 0.276 e. The molecule has 0 saturated carbocycles. The fourth-order valence-electron chi connectivity index (χ4n) is 2.24. The highest BCUT2D eigenvalue weighted by Crippen LogP contribution is 2.21. The summed E-state index contributed by atoms with van der Waals surface area (Å²) in [6.07, 6.45) is 0. The number of hydrogen-bond donors (Lipinski definition) is 2. The third kappa shape index (κ3) is 5.31. The number of carbonyl (C=O) groups is 2. The zero-order valence-corrected chi connectivity index (χ0v) is 14.7. The lowest BCUT2D eigenvalue weighted by Gasteiger charge is -2.10. The highest BCUT2D eigenvalue weighted by Gasteiger charge is 2.09. The molecule has 0 atom stereocenters. The van der Waals surface area contributed by atoms with Gasteiger partial charge in [-0.2, -0.15) is 0 Å². The zero-order chi connectivity index (χ0) is 19.8. The Labute approximate surface area is 160 Å². The van der Waals surface area contributed by atoms with Gasteiger partial charge < -0.3 is 9.47 Å². The summed E-state index contributed by atoms with van der Waals surface area (Å²) in [5.74, 6) is -0.492. The molecule has 0 radical (unpaired) electrons. The lowest BCUT2D eigenvalue weighted by atomic mass is 10.2. The SMILES string of the molecule is O=C(COc1ccccc1F)NNC(=O)c1ccc(Oc2ccccc2)cc1. The van der Waals surface area contributed by atoms with E-state index in [1.165, 1.54) is 18.2 Å². The molecule has 6 nitrogen and oxygen atoms in total. The van der Waals surface area contributed by atoms with Crippen LogP contribution in [0.2, 0.25) is 0 Å². The normalized spacial score (nSPS) is 10.0. The molecule has 0 spiro atoms. The van der Waals surface area contributed by atoms with E-state index < -0.39 is 24.2 Å². The van der Waals surface area contributed by atoms with Crippen molar-refractivity contribution in [3.05, 3.63) is 90.2 Å². The van der Waals surface area contributed by atoms with Crippen LogP contribution in [0.1, 0.15) is 10.4 Å². The first-order valence-electron chi connectivity index (χ1n) is 8.41. The lowest BCUT2D eigenvalue weighted by molar-refractivity contribution is -0.123. The van der Waals surface area contributed by atoms with Crippen LogP contribution in [0.3, 0.4) is 0 Å². The van der Waals surface area contributed by atoms with Gasteiger partial charge in [-0.15, -0.1) is 0 Å². The van der Waals surface area contributed by atoms with Crippen molar-refractivity contribution in [1.82, 2.24) is 10.9 Å². The molecule has 0 aliphatic heterocycles. The fraction of sp³-hybridized carbons (Fsp3) is 0.0476. The standard InChI is InChI=1S/C21H17FN2O4/c22-18-8-4-5-9-19(18)27-14-20(25)23-24-21(26)15-10-12-17(13-11-15)28-16-6-2-1-3-7-16/h1-13H,14H2,(H,23,25)(H,24,26). The molecule has 0 unspecified atom stereocenters. The van der Waals surface area contributed by atoms with Gasteiger partial charge in [-0.1, -0.05) is 30.3 Å². The third-order valence-corrected chi connectivity index (χ3v) is 3.61. The number of rotatable bonds is 6. The molecule has 0 heterocycles. The maximum Gasteiger partial charge on any atom is 0.276 e. The molecule has 0 bridgehead atoms. The molecule has 2 N–H and O–H groups in total. The molecule has 0 aliphatic rings. The van der Waals surface area contributed by atoms with Gasteiger partial charge in [0.25, 0.3) is 11.8 Å². The monoisotopic (exact) mass is 380 g/mol. The van der Waals surface area contributed by atoms with Crippen LogP contribution in [0.5, 0.6) is 17.2 Å². The maximum atomic E-state index is 13.4. The minimum absolute atomic E-state index is 0.0435. The van der Waals surface area contributed by atoms with Crippen LogP contribution in [0, 0.1) is 5.82 Å². The molecule has 2 amide bonds. The van der Waals surface area contributed by atoms with Crippen LogP contribution < -0.4 is 20.3 Å². The molecule has 3 aromatic carbocycles. The Bertz CT molecular complexity index is 946. The second kappa shape index (κ2) is 9.18. The Morgan fingerprint density at radius 2 is 1.43 bits per heavy atom.